The van der Waals surface area contributed by atoms with Crippen LogP contribution < -0.4 is 5.32 Å². The normalized spacial score (nSPS) is 23.4. The molecule has 1 aromatic carbocycles. The van der Waals surface area contributed by atoms with Gasteiger partial charge in [-0.25, -0.2) is 0 Å². The molecule has 110 valence electrons. The monoisotopic (exact) mass is 286 g/mol. The van der Waals surface area contributed by atoms with Crippen molar-refractivity contribution in [2.24, 2.45) is 5.92 Å². The second-order valence-corrected chi connectivity index (χ2v) is 6.37. The molecule has 1 N–H and O–H groups in total. The summed E-state index contributed by atoms with van der Waals surface area (Å²) in [6, 6.07) is 6.84. The van der Waals surface area contributed by atoms with Crippen LogP contribution in [0.5, 0.6) is 0 Å². The average Bonchev–Trinajstić information content (AvgIpc) is 2.83. The van der Waals surface area contributed by atoms with Gasteiger partial charge in [-0.1, -0.05) is 12.1 Å². The Kier molecular flexibility index (Phi) is 3.08. The highest BCUT2D eigenvalue weighted by atomic mass is 16.2. The van der Waals surface area contributed by atoms with Gasteiger partial charge in [-0.3, -0.25) is 19.3 Å². The van der Waals surface area contributed by atoms with Gasteiger partial charge in [0.05, 0.1) is 11.1 Å². The first-order chi connectivity index (χ1) is 9.89. The Morgan fingerprint density at radius 3 is 2.19 bits per heavy atom. The summed E-state index contributed by atoms with van der Waals surface area (Å²) in [7, 11) is 0. The lowest BCUT2D eigenvalue weighted by molar-refractivity contribution is -0.123. The number of nitrogens with zero attached hydrogens (tertiary/aromatic N) is 1. The highest BCUT2D eigenvalue weighted by Crippen LogP contribution is 2.29. The number of hydrogen-bond donors (Lipinski definition) is 1. The first kappa shape index (κ1) is 13.8. The van der Waals surface area contributed by atoms with Gasteiger partial charge in [0.25, 0.3) is 11.8 Å². The number of benzene rings is 1. The highest BCUT2D eigenvalue weighted by Gasteiger charge is 2.39. The molecule has 1 unspecified atom stereocenters. The Hall–Kier alpha value is -2.17. The van der Waals surface area contributed by atoms with Crippen LogP contribution in [0.4, 0.5) is 0 Å². The Morgan fingerprint density at radius 2 is 1.71 bits per heavy atom. The molecule has 5 heteroatoms. The molecule has 1 atom stereocenters. The van der Waals surface area contributed by atoms with Crippen molar-refractivity contribution >= 4 is 17.7 Å². The van der Waals surface area contributed by atoms with Crippen molar-refractivity contribution in [3.05, 3.63) is 35.4 Å². The molecule has 2 heterocycles. The van der Waals surface area contributed by atoms with Crippen LogP contribution in [-0.2, 0) is 4.79 Å². The second kappa shape index (κ2) is 4.69. The Balaban J connectivity index is 1.69. The summed E-state index contributed by atoms with van der Waals surface area (Å²) in [6.45, 7) is 4.25. The van der Waals surface area contributed by atoms with E-state index in [1.165, 1.54) is 4.90 Å². The number of hydrogen-bond acceptors (Lipinski definition) is 3. The van der Waals surface area contributed by atoms with Gasteiger partial charge in [0.2, 0.25) is 5.91 Å². The summed E-state index contributed by atoms with van der Waals surface area (Å²) >= 11 is 0. The van der Waals surface area contributed by atoms with Crippen molar-refractivity contribution in [3.8, 4) is 0 Å². The number of rotatable bonds is 3. The number of imide groups is 1. The summed E-state index contributed by atoms with van der Waals surface area (Å²) in [4.78, 5) is 37.6. The molecule has 2 aliphatic heterocycles. The smallest absolute Gasteiger partial charge is 0.261 e. The van der Waals surface area contributed by atoms with E-state index >= 15 is 0 Å². The molecule has 0 aliphatic carbocycles. The van der Waals surface area contributed by atoms with Gasteiger partial charge < -0.3 is 5.32 Å². The van der Waals surface area contributed by atoms with Crippen molar-refractivity contribution in [3.63, 3.8) is 0 Å². The molecule has 3 rings (SSSR count). The minimum atomic E-state index is -0.256. The van der Waals surface area contributed by atoms with Crippen LogP contribution in [0.25, 0.3) is 0 Å². The van der Waals surface area contributed by atoms with E-state index in [9.17, 15) is 14.4 Å². The Bertz CT molecular complexity index is 601. The van der Waals surface area contributed by atoms with Crippen molar-refractivity contribution in [2.75, 3.05) is 6.54 Å². The van der Waals surface area contributed by atoms with Crippen LogP contribution in [-0.4, -0.2) is 34.7 Å². The third-order valence-electron chi connectivity index (χ3n) is 4.17. The van der Waals surface area contributed by atoms with E-state index < -0.39 is 0 Å². The van der Waals surface area contributed by atoms with E-state index in [-0.39, 0.29) is 29.2 Å². The van der Waals surface area contributed by atoms with E-state index in [1.54, 1.807) is 24.3 Å². The Labute approximate surface area is 123 Å². The molecule has 1 saturated heterocycles. The van der Waals surface area contributed by atoms with Crippen LogP contribution in [0.2, 0.25) is 0 Å². The van der Waals surface area contributed by atoms with Crippen LogP contribution in [0.15, 0.2) is 24.3 Å². The zero-order valence-corrected chi connectivity index (χ0v) is 12.2. The molecule has 1 aromatic rings. The number of fused-ring (bicyclic) bond motifs is 1. The quantitative estimate of drug-likeness (QED) is 0.858. The van der Waals surface area contributed by atoms with E-state index in [2.05, 4.69) is 5.32 Å². The van der Waals surface area contributed by atoms with Crippen molar-refractivity contribution in [2.45, 2.75) is 32.2 Å². The maximum atomic E-state index is 12.2. The molecular formula is C16H18N2O3. The van der Waals surface area contributed by atoms with Crippen molar-refractivity contribution < 1.29 is 14.4 Å². The third kappa shape index (κ3) is 2.33. The SMILES string of the molecule is CC1(C)CC(CCN2C(=O)c3ccccc3C2=O)C(=O)N1. The second-order valence-electron chi connectivity index (χ2n) is 6.37. The van der Waals surface area contributed by atoms with Crippen LogP contribution >= 0.6 is 0 Å². The minimum absolute atomic E-state index is 0.0107. The maximum absolute atomic E-state index is 12.2. The highest BCUT2D eigenvalue weighted by molar-refractivity contribution is 6.21. The molecule has 2 aliphatic rings. The molecular weight excluding hydrogens is 268 g/mol. The lowest BCUT2D eigenvalue weighted by Gasteiger charge is -2.17. The van der Waals surface area contributed by atoms with Crippen LogP contribution in [0.1, 0.15) is 47.4 Å². The summed E-state index contributed by atoms with van der Waals surface area (Å²) in [5.74, 6) is -0.637. The van der Waals surface area contributed by atoms with Gasteiger partial charge >= 0.3 is 0 Å². The number of carbonyl (C=O) groups excluding carboxylic acids is 3. The number of nitrogens with one attached hydrogen (secondary N) is 1. The van der Waals surface area contributed by atoms with Crippen LogP contribution in [0.3, 0.4) is 0 Å². The molecule has 1 fully saturated rings. The standard InChI is InChI=1S/C16H18N2O3/c1-16(2)9-10(13(19)17-16)7-8-18-14(20)11-5-3-4-6-12(11)15(18)21/h3-6,10H,7-9H2,1-2H3,(H,17,19). The first-order valence-corrected chi connectivity index (χ1v) is 7.16. The van der Waals surface area contributed by atoms with Crippen LogP contribution in [0, 0.1) is 5.92 Å². The van der Waals surface area contributed by atoms with Gasteiger partial charge in [0, 0.05) is 18.0 Å². The Morgan fingerprint density at radius 1 is 1.14 bits per heavy atom. The lowest BCUT2D eigenvalue weighted by atomic mass is 9.94. The van der Waals surface area contributed by atoms with Gasteiger partial charge in [0.1, 0.15) is 0 Å². The van der Waals surface area contributed by atoms with Gasteiger partial charge in [-0.05, 0) is 38.8 Å². The van der Waals surface area contributed by atoms with Gasteiger partial charge in [-0.15, -0.1) is 0 Å². The molecule has 0 radical (unpaired) electrons. The molecule has 3 amide bonds. The molecule has 0 aromatic heterocycles. The maximum Gasteiger partial charge on any atom is 0.261 e. The van der Waals surface area contributed by atoms with E-state index in [0.717, 1.165) is 6.42 Å². The first-order valence-electron chi connectivity index (χ1n) is 7.16. The average molecular weight is 286 g/mol. The van der Waals surface area contributed by atoms with Gasteiger partial charge in [0.15, 0.2) is 0 Å². The summed E-state index contributed by atoms with van der Waals surface area (Å²) < 4.78 is 0. The fraction of sp³-hybridized carbons (Fsp3) is 0.438. The molecule has 0 spiro atoms. The largest absolute Gasteiger partial charge is 0.351 e. The molecule has 0 bridgehead atoms. The zero-order chi connectivity index (χ0) is 15.2. The third-order valence-corrected chi connectivity index (χ3v) is 4.17. The molecule has 5 nitrogen and oxygen atoms in total. The summed E-state index contributed by atoms with van der Waals surface area (Å²) in [6.07, 6.45) is 1.25. The lowest BCUT2D eigenvalue weighted by Crippen LogP contribution is -2.35. The van der Waals surface area contributed by atoms with E-state index in [4.69, 9.17) is 0 Å². The number of carbonyl (C=O) groups is 3. The summed E-state index contributed by atoms with van der Waals surface area (Å²) in [5, 5.41) is 2.93. The fourth-order valence-electron chi connectivity index (χ4n) is 3.16. The fourth-order valence-corrected chi connectivity index (χ4v) is 3.16. The van der Waals surface area contributed by atoms with Gasteiger partial charge in [-0.2, -0.15) is 0 Å². The predicted octanol–water partition coefficient (Wildman–Crippen LogP) is 1.59. The molecule has 21 heavy (non-hydrogen) atoms. The minimum Gasteiger partial charge on any atom is -0.351 e. The predicted molar refractivity (Wildman–Crippen MR) is 76.8 cm³/mol. The van der Waals surface area contributed by atoms with E-state index in [0.29, 0.717) is 24.1 Å². The number of amides is 3. The van der Waals surface area contributed by atoms with Crippen molar-refractivity contribution in [1.82, 2.24) is 10.2 Å². The van der Waals surface area contributed by atoms with E-state index in [1.807, 2.05) is 13.8 Å². The summed E-state index contributed by atoms with van der Waals surface area (Å²) in [5.41, 5.74) is 0.710. The topological polar surface area (TPSA) is 66.5 Å². The zero-order valence-electron chi connectivity index (χ0n) is 12.2. The van der Waals surface area contributed by atoms with Crippen molar-refractivity contribution in [1.29, 1.82) is 0 Å². The molecule has 0 saturated carbocycles.